The van der Waals surface area contributed by atoms with Crippen molar-refractivity contribution in [2.24, 2.45) is 0 Å². The molecule has 7 nitrogen and oxygen atoms in total. The van der Waals surface area contributed by atoms with Crippen LogP contribution in [0.5, 0.6) is 11.5 Å². The van der Waals surface area contributed by atoms with Gasteiger partial charge < -0.3 is 14.0 Å². The number of aromatic nitrogens is 1. The maximum Gasteiger partial charge on any atom is 0.264 e. The molecule has 0 saturated carbocycles. The van der Waals surface area contributed by atoms with Crippen LogP contribution in [0.4, 0.5) is 5.88 Å². The van der Waals surface area contributed by atoms with Crippen molar-refractivity contribution in [1.29, 1.82) is 5.26 Å². The topological polar surface area (TPSA) is 97.4 Å². The molecule has 0 aliphatic heterocycles. The van der Waals surface area contributed by atoms with E-state index in [4.69, 9.17) is 19.3 Å². The van der Waals surface area contributed by atoms with Crippen LogP contribution in [0.25, 0.3) is 0 Å². The Kier molecular flexibility index (Phi) is 4.41. The van der Waals surface area contributed by atoms with Gasteiger partial charge in [0.05, 0.1) is 24.4 Å². The molecule has 2 aromatic rings. The summed E-state index contributed by atoms with van der Waals surface area (Å²) in [4.78, 5) is 11.7. The van der Waals surface area contributed by atoms with E-state index >= 15 is 0 Å². The van der Waals surface area contributed by atoms with Gasteiger partial charge in [-0.05, 0) is 19.1 Å². The Morgan fingerprint density at radius 1 is 1.43 bits per heavy atom. The van der Waals surface area contributed by atoms with Gasteiger partial charge in [-0.1, -0.05) is 5.16 Å². The smallest absolute Gasteiger partial charge is 0.264 e. The summed E-state index contributed by atoms with van der Waals surface area (Å²) in [5.74, 6) is 0.628. The summed E-state index contributed by atoms with van der Waals surface area (Å²) in [5, 5.41) is 15.0. The van der Waals surface area contributed by atoms with Crippen molar-refractivity contribution in [3.8, 4) is 17.6 Å². The van der Waals surface area contributed by atoms with E-state index in [2.05, 4.69) is 10.5 Å². The number of methoxy groups -OCH3 is 1. The third kappa shape index (κ3) is 3.73. The molecule has 7 heteroatoms. The molecule has 0 radical (unpaired) electrons. The number of carbonyl (C=O) groups is 1. The summed E-state index contributed by atoms with van der Waals surface area (Å²) < 4.78 is 15.3. The van der Waals surface area contributed by atoms with Crippen molar-refractivity contribution in [2.75, 3.05) is 19.0 Å². The fourth-order valence-corrected chi connectivity index (χ4v) is 1.60. The second-order valence-corrected chi connectivity index (χ2v) is 4.15. The summed E-state index contributed by atoms with van der Waals surface area (Å²) in [5.41, 5.74) is 1.11. The number of amides is 1. The number of carbonyl (C=O) groups excluding carboxylic acids is 1. The molecule has 2 rings (SSSR count). The highest BCUT2D eigenvalue weighted by Gasteiger charge is 2.10. The number of hydrogen-bond donors (Lipinski definition) is 1. The predicted octanol–water partition coefficient (Wildman–Crippen LogP) is 1.88. The number of benzene rings is 1. The van der Waals surface area contributed by atoms with E-state index < -0.39 is 5.91 Å². The first-order chi connectivity index (χ1) is 10.1. The zero-order chi connectivity index (χ0) is 15.2. The number of nitriles is 1. The average molecular weight is 287 g/mol. The number of aryl methyl sites for hydroxylation is 1. The number of nitrogens with one attached hydrogen (secondary N) is 1. The summed E-state index contributed by atoms with van der Waals surface area (Å²) in [7, 11) is 1.46. The van der Waals surface area contributed by atoms with E-state index in [1.54, 1.807) is 25.1 Å². The Morgan fingerprint density at radius 3 is 2.86 bits per heavy atom. The van der Waals surface area contributed by atoms with E-state index in [9.17, 15) is 4.79 Å². The quantitative estimate of drug-likeness (QED) is 0.901. The van der Waals surface area contributed by atoms with Crippen LogP contribution in [0, 0.1) is 18.3 Å². The summed E-state index contributed by atoms with van der Waals surface area (Å²) in [6.45, 7) is 1.53. The minimum Gasteiger partial charge on any atom is -0.493 e. The van der Waals surface area contributed by atoms with Gasteiger partial charge in [-0.2, -0.15) is 5.26 Å². The van der Waals surface area contributed by atoms with Crippen LogP contribution in [-0.4, -0.2) is 24.8 Å². The molecule has 0 atom stereocenters. The second kappa shape index (κ2) is 6.43. The molecule has 1 heterocycles. The van der Waals surface area contributed by atoms with Gasteiger partial charge >= 0.3 is 0 Å². The van der Waals surface area contributed by atoms with Crippen molar-refractivity contribution >= 4 is 11.8 Å². The van der Waals surface area contributed by atoms with E-state index in [1.165, 1.54) is 13.2 Å². The minimum atomic E-state index is -0.391. The molecule has 1 N–H and O–H groups in total. The maximum atomic E-state index is 11.7. The normalized spacial score (nSPS) is 9.76. The summed E-state index contributed by atoms with van der Waals surface area (Å²) in [6.07, 6.45) is 0. The molecule has 108 valence electrons. The highest BCUT2D eigenvalue weighted by molar-refractivity contribution is 5.90. The van der Waals surface area contributed by atoms with Gasteiger partial charge in [0.1, 0.15) is 0 Å². The monoisotopic (exact) mass is 287 g/mol. The van der Waals surface area contributed by atoms with Gasteiger partial charge in [0.2, 0.25) is 5.88 Å². The lowest BCUT2D eigenvalue weighted by molar-refractivity contribution is -0.118. The number of ether oxygens (including phenoxy) is 2. The third-order valence-electron chi connectivity index (χ3n) is 2.54. The molecule has 0 aliphatic carbocycles. The first kappa shape index (κ1) is 14.4. The second-order valence-electron chi connectivity index (χ2n) is 4.15. The Labute approximate surface area is 121 Å². The van der Waals surface area contributed by atoms with Crippen LogP contribution in [0.2, 0.25) is 0 Å². The van der Waals surface area contributed by atoms with Crippen LogP contribution in [0.15, 0.2) is 28.8 Å². The Hall–Kier alpha value is -3.01. The van der Waals surface area contributed by atoms with Gasteiger partial charge in [0.15, 0.2) is 18.1 Å². The van der Waals surface area contributed by atoms with Gasteiger partial charge in [0, 0.05) is 12.1 Å². The zero-order valence-corrected chi connectivity index (χ0v) is 11.5. The molecule has 1 aromatic heterocycles. The molecular weight excluding hydrogens is 274 g/mol. The summed E-state index contributed by atoms with van der Waals surface area (Å²) in [6, 6.07) is 8.28. The first-order valence-corrected chi connectivity index (χ1v) is 6.06. The molecule has 0 aliphatic rings. The van der Waals surface area contributed by atoms with Gasteiger partial charge in [-0.15, -0.1) is 0 Å². The lowest BCUT2D eigenvalue weighted by Crippen LogP contribution is -2.20. The number of rotatable bonds is 5. The molecular formula is C14H13N3O4. The SMILES string of the molecule is COc1cc(C#N)ccc1OCC(=O)Nc1cc(C)no1. The van der Waals surface area contributed by atoms with Gasteiger partial charge in [-0.3, -0.25) is 10.1 Å². The van der Waals surface area contributed by atoms with Crippen LogP contribution >= 0.6 is 0 Å². The van der Waals surface area contributed by atoms with E-state index in [0.717, 1.165) is 0 Å². The van der Waals surface area contributed by atoms with Gasteiger partial charge in [0.25, 0.3) is 5.91 Å². The van der Waals surface area contributed by atoms with E-state index in [1.807, 2.05) is 6.07 Å². The molecule has 21 heavy (non-hydrogen) atoms. The Morgan fingerprint density at radius 2 is 2.24 bits per heavy atom. The fourth-order valence-electron chi connectivity index (χ4n) is 1.60. The highest BCUT2D eigenvalue weighted by Crippen LogP contribution is 2.27. The number of nitrogens with zero attached hydrogens (tertiary/aromatic N) is 2. The van der Waals surface area contributed by atoms with Crippen LogP contribution in [-0.2, 0) is 4.79 Å². The first-order valence-electron chi connectivity index (χ1n) is 6.06. The minimum absolute atomic E-state index is 0.220. The van der Waals surface area contributed by atoms with Crippen molar-refractivity contribution in [1.82, 2.24) is 5.16 Å². The zero-order valence-electron chi connectivity index (χ0n) is 11.5. The van der Waals surface area contributed by atoms with Crippen LogP contribution in [0.3, 0.4) is 0 Å². The molecule has 0 bridgehead atoms. The molecule has 0 fully saturated rings. The largest absolute Gasteiger partial charge is 0.493 e. The molecule has 1 aromatic carbocycles. The van der Waals surface area contributed by atoms with Crippen molar-refractivity contribution in [3.05, 3.63) is 35.5 Å². The summed E-state index contributed by atoms with van der Waals surface area (Å²) >= 11 is 0. The standard InChI is InChI=1S/C14H13N3O4/c1-9-5-14(21-17-9)16-13(18)8-20-11-4-3-10(7-15)6-12(11)19-2/h3-6H,8H2,1-2H3,(H,16,18). The molecule has 1 amide bonds. The lowest BCUT2D eigenvalue weighted by atomic mass is 10.2. The average Bonchev–Trinajstić information content (AvgIpc) is 2.90. The van der Waals surface area contributed by atoms with Crippen molar-refractivity contribution < 1.29 is 18.8 Å². The number of anilines is 1. The van der Waals surface area contributed by atoms with Crippen LogP contribution < -0.4 is 14.8 Å². The van der Waals surface area contributed by atoms with Crippen molar-refractivity contribution in [2.45, 2.75) is 6.92 Å². The fraction of sp³-hybridized carbons (Fsp3) is 0.214. The van der Waals surface area contributed by atoms with E-state index in [0.29, 0.717) is 22.8 Å². The molecule has 0 spiro atoms. The predicted molar refractivity (Wildman–Crippen MR) is 73.1 cm³/mol. The highest BCUT2D eigenvalue weighted by atomic mass is 16.5. The molecule has 0 unspecified atom stereocenters. The lowest BCUT2D eigenvalue weighted by Gasteiger charge is -2.10. The Balaban J connectivity index is 1.96. The number of hydrogen-bond acceptors (Lipinski definition) is 6. The van der Waals surface area contributed by atoms with Gasteiger partial charge in [-0.25, -0.2) is 0 Å². The maximum absolute atomic E-state index is 11.7. The molecule has 0 saturated heterocycles. The Bertz CT molecular complexity index is 688. The van der Waals surface area contributed by atoms with E-state index in [-0.39, 0.29) is 12.5 Å². The van der Waals surface area contributed by atoms with Crippen molar-refractivity contribution in [3.63, 3.8) is 0 Å². The van der Waals surface area contributed by atoms with Crippen LogP contribution in [0.1, 0.15) is 11.3 Å². The third-order valence-corrected chi connectivity index (χ3v) is 2.54.